The third-order valence-electron chi connectivity index (χ3n) is 6.29. The van der Waals surface area contributed by atoms with Crippen molar-refractivity contribution in [2.75, 3.05) is 12.4 Å². The van der Waals surface area contributed by atoms with Crippen LogP contribution in [-0.4, -0.2) is 48.4 Å². The van der Waals surface area contributed by atoms with Crippen molar-refractivity contribution in [2.24, 2.45) is 0 Å². The van der Waals surface area contributed by atoms with Crippen LogP contribution in [0.1, 0.15) is 35.5 Å². The summed E-state index contributed by atoms with van der Waals surface area (Å²) in [6, 6.07) is 21.3. The molecule has 3 aromatic carbocycles. The maximum absolute atomic E-state index is 15.4. The van der Waals surface area contributed by atoms with Crippen molar-refractivity contribution in [1.29, 1.82) is 0 Å². The highest BCUT2D eigenvalue weighted by Crippen LogP contribution is 2.29. The van der Waals surface area contributed by atoms with Gasteiger partial charge in [0.05, 0.1) is 18.0 Å². The molecule has 2 amide bonds. The minimum absolute atomic E-state index is 0.0411. The lowest BCUT2D eigenvalue weighted by atomic mass is 10.0. The van der Waals surface area contributed by atoms with E-state index in [1.807, 2.05) is 35.1 Å². The largest absolute Gasteiger partial charge is 0.478 e. The van der Waals surface area contributed by atoms with Crippen molar-refractivity contribution in [3.63, 3.8) is 0 Å². The van der Waals surface area contributed by atoms with Crippen LogP contribution in [0.25, 0.3) is 11.1 Å². The molecule has 0 saturated carbocycles. The van der Waals surface area contributed by atoms with Gasteiger partial charge in [0.25, 0.3) is 15.9 Å². The quantitative estimate of drug-likeness (QED) is 0.207. The summed E-state index contributed by atoms with van der Waals surface area (Å²) < 4.78 is 49.7. The van der Waals surface area contributed by atoms with Gasteiger partial charge in [-0.2, -0.15) is 17.7 Å². The maximum atomic E-state index is 15.4. The number of thiol groups is 1. The molecule has 0 radical (unpaired) electrons. The summed E-state index contributed by atoms with van der Waals surface area (Å²) in [5.41, 5.74) is 1.97. The number of halogens is 1. The number of hydrogen-bond donors (Lipinski definition) is 3. The fourth-order valence-electron chi connectivity index (χ4n) is 4.40. The lowest BCUT2D eigenvalue weighted by molar-refractivity contribution is -0.117. The minimum atomic E-state index is -4.15. The first kappa shape index (κ1) is 30.8. The van der Waals surface area contributed by atoms with Gasteiger partial charge in [-0.15, -0.1) is 0 Å². The zero-order chi connectivity index (χ0) is 30.3. The fraction of sp³-hybridized carbons (Fsp3) is 0.233. The molecule has 0 saturated heterocycles. The Kier molecular flexibility index (Phi) is 10.0. The lowest BCUT2D eigenvalue weighted by Crippen LogP contribution is -2.38. The van der Waals surface area contributed by atoms with Crippen molar-refractivity contribution in [3.8, 4) is 17.0 Å². The van der Waals surface area contributed by atoms with E-state index in [0.29, 0.717) is 30.2 Å². The van der Waals surface area contributed by atoms with E-state index < -0.39 is 27.7 Å². The van der Waals surface area contributed by atoms with Crippen LogP contribution in [0.5, 0.6) is 5.88 Å². The number of aromatic nitrogens is 2. The van der Waals surface area contributed by atoms with Crippen LogP contribution < -0.4 is 14.8 Å². The van der Waals surface area contributed by atoms with Crippen LogP contribution >= 0.6 is 12.6 Å². The smallest absolute Gasteiger partial charge is 0.272 e. The van der Waals surface area contributed by atoms with Crippen LogP contribution in [0.15, 0.2) is 83.8 Å². The van der Waals surface area contributed by atoms with E-state index in [9.17, 15) is 18.0 Å². The second-order valence-corrected chi connectivity index (χ2v) is 11.5. The van der Waals surface area contributed by atoms with Gasteiger partial charge in [-0.1, -0.05) is 60.7 Å². The molecule has 9 nitrogen and oxygen atoms in total. The number of hydrogen-bond acceptors (Lipinski definition) is 7. The zero-order valence-electron chi connectivity index (χ0n) is 23.1. The molecule has 12 heteroatoms. The number of rotatable bonds is 12. The van der Waals surface area contributed by atoms with Crippen molar-refractivity contribution in [1.82, 2.24) is 19.8 Å². The number of sulfonamides is 1. The third kappa shape index (κ3) is 7.56. The molecule has 0 bridgehead atoms. The molecule has 1 atom stereocenters. The summed E-state index contributed by atoms with van der Waals surface area (Å²) in [5.74, 6) is -1.03. The van der Waals surface area contributed by atoms with E-state index in [1.165, 1.54) is 41.1 Å². The Morgan fingerprint density at radius 2 is 1.76 bits per heavy atom. The normalized spacial score (nSPS) is 12.0. The second-order valence-electron chi connectivity index (χ2n) is 9.47. The first-order valence-corrected chi connectivity index (χ1v) is 15.3. The van der Waals surface area contributed by atoms with Gasteiger partial charge in [-0.3, -0.25) is 9.59 Å². The van der Waals surface area contributed by atoms with Gasteiger partial charge in [-0.05, 0) is 36.6 Å². The molecular formula is C30H31FN4O5S2. The van der Waals surface area contributed by atoms with Crippen LogP contribution in [0, 0.1) is 5.82 Å². The van der Waals surface area contributed by atoms with Gasteiger partial charge in [0.2, 0.25) is 11.8 Å². The molecule has 0 aliphatic carbocycles. The first-order chi connectivity index (χ1) is 20.1. The maximum Gasteiger partial charge on any atom is 0.272 e. The number of carbonyl (C=O) groups is 2. The van der Waals surface area contributed by atoms with E-state index in [1.54, 1.807) is 19.1 Å². The zero-order valence-corrected chi connectivity index (χ0v) is 24.8. The lowest BCUT2D eigenvalue weighted by Gasteiger charge is -2.15. The molecule has 220 valence electrons. The standard InChI is InChI=1S/C30H31FN4O5S2/c1-3-40-29-17-27(30(37)32-24(19-41)15-21-9-5-4-6-10-21)33-35(29)18-23-14-13-22(16-26(23)31)25-11-7-8-12-28(25)42(38,39)34-20(2)36/h4-14,16-17,24,41H,3,15,18-19H2,1-2H3,(H,32,37)(H,34,36)/t24-/m1/s1. The molecule has 2 N–H and O–H groups in total. The Labute approximate surface area is 249 Å². The summed E-state index contributed by atoms with van der Waals surface area (Å²) in [7, 11) is -4.15. The first-order valence-electron chi connectivity index (χ1n) is 13.2. The number of amides is 2. The third-order valence-corrected chi connectivity index (χ3v) is 8.22. The van der Waals surface area contributed by atoms with Crippen LogP contribution in [0.2, 0.25) is 0 Å². The Morgan fingerprint density at radius 1 is 1.05 bits per heavy atom. The Bertz CT molecular complexity index is 1680. The summed E-state index contributed by atoms with van der Waals surface area (Å²) in [5, 5.41) is 7.33. The topological polar surface area (TPSA) is 119 Å². The number of ether oxygens (including phenoxy) is 1. The molecule has 42 heavy (non-hydrogen) atoms. The van der Waals surface area contributed by atoms with Crippen molar-refractivity contribution >= 4 is 34.5 Å². The minimum Gasteiger partial charge on any atom is -0.478 e. The van der Waals surface area contributed by atoms with Crippen LogP contribution in [0.3, 0.4) is 0 Å². The molecule has 0 aliphatic rings. The van der Waals surface area contributed by atoms with Gasteiger partial charge >= 0.3 is 0 Å². The predicted molar refractivity (Wildman–Crippen MR) is 161 cm³/mol. The molecule has 0 unspecified atom stereocenters. The van der Waals surface area contributed by atoms with Crippen molar-refractivity contribution in [2.45, 2.75) is 37.8 Å². The monoisotopic (exact) mass is 610 g/mol. The highest BCUT2D eigenvalue weighted by Gasteiger charge is 2.22. The molecule has 0 spiro atoms. The molecule has 0 aliphatic heterocycles. The summed E-state index contributed by atoms with van der Waals surface area (Å²) in [6.45, 7) is 3.15. The van der Waals surface area contributed by atoms with E-state index in [4.69, 9.17) is 4.74 Å². The number of nitrogens with zero attached hydrogens (tertiary/aromatic N) is 2. The average Bonchev–Trinajstić information content (AvgIpc) is 3.36. The average molecular weight is 611 g/mol. The van der Waals surface area contributed by atoms with Gasteiger partial charge in [-0.25, -0.2) is 22.2 Å². The van der Waals surface area contributed by atoms with Gasteiger partial charge in [0.1, 0.15) is 5.82 Å². The molecule has 0 fully saturated rings. The van der Waals surface area contributed by atoms with Crippen LogP contribution in [0.4, 0.5) is 4.39 Å². The highest BCUT2D eigenvalue weighted by atomic mass is 32.2. The molecule has 4 aromatic rings. The molecule has 4 rings (SSSR count). The predicted octanol–water partition coefficient (Wildman–Crippen LogP) is 4.23. The number of benzene rings is 3. The van der Waals surface area contributed by atoms with Crippen molar-refractivity contribution in [3.05, 3.63) is 102 Å². The van der Waals surface area contributed by atoms with Gasteiger partial charge in [0.15, 0.2) is 5.69 Å². The fourth-order valence-corrected chi connectivity index (χ4v) is 5.84. The number of carbonyl (C=O) groups excluding carboxylic acids is 2. The molecule has 1 heterocycles. The summed E-state index contributed by atoms with van der Waals surface area (Å²) in [6.07, 6.45) is 0.599. The Balaban J connectivity index is 1.56. The SMILES string of the molecule is CCOc1cc(C(=O)N[C@@H](CS)Cc2ccccc2)nn1Cc1ccc(-c2ccccc2S(=O)(=O)NC(C)=O)cc1F. The second kappa shape index (κ2) is 13.7. The van der Waals surface area contributed by atoms with Gasteiger partial charge in [0, 0.05) is 35.9 Å². The van der Waals surface area contributed by atoms with E-state index in [2.05, 4.69) is 23.0 Å². The Hall–Kier alpha value is -4.16. The Morgan fingerprint density at radius 3 is 2.43 bits per heavy atom. The molecular weight excluding hydrogens is 579 g/mol. The van der Waals surface area contributed by atoms with E-state index in [-0.39, 0.29) is 34.3 Å². The summed E-state index contributed by atoms with van der Waals surface area (Å²) >= 11 is 4.38. The van der Waals surface area contributed by atoms with Gasteiger partial charge < -0.3 is 10.1 Å². The van der Waals surface area contributed by atoms with E-state index >= 15 is 4.39 Å². The molecule has 1 aromatic heterocycles. The summed E-state index contributed by atoms with van der Waals surface area (Å²) in [4.78, 5) is 24.3. The highest BCUT2D eigenvalue weighted by molar-refractivity contribution is 7.90. The van der Waals surface area contributed by atoms with Crippen molar-refractivity contribution < 1.29 is 27.1 Å². The van der Waals surface area contributed by atoms with E-state index in [0.717, 1.165) is 12.5 Å². The number of nitrogens with one attached hydrogen (secondary N) is 2. The van der Waals surface area contributed by atoms with Crippen LogP contribution in [-0.2, 0) is 27.8 Å².